The fourth-order valence-corrected chi connectivity index (χ4v) is 4.38. The molecule has 9 heteroatoms. The van der Waals surface area contributed by atoms with Crippen molar-refractivity contribution in [2.45, 2.75) is 19.4 Å². The highest BCUT2D eigenvalue weighted by Crippen LogP contribution is 2.41. The van der Waals surface area contributed by atoms with Crippen molar-refractivity contribution in [3.05, 3.63) is 63.8 Å². The molecule has 0 fully saturated rings. The Balaban J connectivity index is 1.38. The summed E-state index contributed by atoms with van der Waals surface area (Å²) in [7, 11) is 0. The summed E-state index contributed by atoms with van der Waals surface area (Å²) in [5, 5.41) is 3.34. The molecule has 1 unspecified atom stereocenters. The number of Topliss-reactive ketones (excluding diaryl/α,β-unsaturated/α-hetero) is 1. The predicted octanol–water partition coefficient (Wildman–Crippen LogP) is 3.78. The molecule has 31 heavy (non-hydrogen) atoms. The van der Waals surface area contributed by atoms with Gasteiger partial charge < -0.3 is 15.8 Å². The number of hydrogen-bond donors (Lipinski definition) is 2. The molecule has 1 aliphatic rings. The average Bonchev–Trinajstić information content (AvgIpc) is 3.39. The Kier molecular flexibility index (Phi) is 6.01. The number of carbonyl (C=O) groups is 2. The SMILES string of the molecule is CC(=O)c1ccc(-c2cc(Cl)c3c(c2)CC(CNC(=O)C=Cc2cnc(N)nc2)O3)s1. The van der Waals surface area contributed by atoms with E-state index in [-0.39, 0.29) is 23.7 Å². The van der Waals surface area contributed by atoms with E-state index in [1.807, 2.05) is 24.3 Å². The Hall–Kier alpha value is -3.23. The van der Waals surface area contributed by atoms with E-state index in [1.54, 1.807) is 13.0 Å². The molecular formula is C22H19ClN4O3S. The van der Waals surface area contributed by atoms with Gasteiger partial charge in [-0.3, -0.25) is 9.59 Å². The van der Waals surface area contributed by atoms with Crippen molar-refractivity contribution in [2.24, 2.45) is 0 Å². The zero-order valence-corrected chi connectivity index (χ0v) is 18.2. The van der Waals surface area contributed by atoms with Crippen LogP contribution in [-0.2, 0) is 11.2 Å². The lowest BCUT2D eigenvalue weighted by atomic mass is 10.1. The Labute approximate surface area is 187 Å². The minimum absolute atomic E-state index is 0.0422. The van der Waals surface area contributed by atoms with Gasteiger partial charge in [0.05, 0.1) is 16.4 Å². The first-order chi connectivity index (χ1) is 14.9. The van der Waals surface area contributed by atoms with Crippen LogP contribution in [0.1, 0.15) is 27.7 Å². The molecule has 1 aliphatic heterocycles. The van der Waals surface area contributed by atoms with E-state index < -0.39 is 0 Å². The summed E-state index contributed by atoms with van der Waals surface area (Å²) < 4.78 is 5.94. The highest BCUT2D eigenvalue weighted by Gasteiger charge is 2.26. The zero-order chi connectivity index (χ0) is 22.0. The average molecular weight is 455 g/mol. The van der Waals surface area contributed by atoms with Gasteiger partial charge in [0.15, 0.2) is 5.78 Å². The van der Waals surface area contributed by atoms with Crippen LogP contribution in [0.2, 0.25) is 5.02 Å². The van der Waals surface area contributed by atoms with Gasteiger partial charge in [-0.2, -0.15) is 0 Å². The number of halogens is 1. The maximum absolute atomic E-state index is 12.1. The molecular weight excluding hydrogens is 436 g/mol. The number of aromatic nitrogens is 2. The number of nitrogens with two attached hydrogens (primary N) is 1. The fourth-order valence-electron chi connectivity index (χ4n) is 3.21. The number of carbonyl (C=O) groups excluding carboxylic acids is 2. The molecule has 0 saturated heterocycles. The summed E-state index contributed by atoms with van der Waals surface area (Å²) in [5.74, 6) is 0.612. The normalized spacial score (nSPS) is 15.0. The first kappa shape index (κ1) is 21.0. The largest absolute Gasteiger partial charge is 0.486 e. The predicted molar refractivity (Wildman–Crippen MR) is 121 cm³/mol. The molecule has 1 amide bonds. The van der Waals surface area contributed by atoms with Crippen molar-refractivity contribution < 1.29 is 14.3 Å². The topological polar surface area (TPSA) is 107 Å². The second-order valence-corrected chi connectivity index (χ2v) is 8.55. The number of ketones is 1. The number of thiophene rings is 1. The van der Waals surface area contributed by atoms with Gasteiger partial charge >= 0.3 is 0 Å². The monoisotopic (exact) mass is 454 g/mol. The minimum Gasteiger partial charge on any atom is -0.486 e. The second-order valence-electron chi connectivity index (χ2n) is 7.06. The lowest BCUT2D eigenvalue weighted by Crippen LogP contribution is -2.33. The lowest BCUT2D eigenvalue weighted by molar-refractivity contribution is -0.116. The first-order valence-corrected chi connectivity index (χ1v) is 10.7. The summed E-state index contributed by atoms with van der Waals surface area (Å²) in [6.45, 7) is 1.89. The van der Waals surface area contributed by atoms with Crippen molar-refractivity contribution in [1.82, 2.24) is 15.3 Å². The van der Waals surface area contributed by atoms with E-state index in [1.165, 1.54) is 29.8 Å². The molecule has 1 aromatic carbocycles. The summed E-state index contributed by atoms with van der Waals surface area (Å²) >= 11 is 7.88. The number of benzene rings is 1. The van der Waals surface area contributed by atoms with Crippen molar-refractivity contribution in [2.75, 3.05) is 12.3 Å². The number of anilines is 1. The molecule has 3 N–H and O–H groups in total. The molecule has 0 saturated carbocycles. The molecule has 4 rings (SSSR count). The molecule has 2 aromatic heterocycles. The number of rotatable bonds is 6. The van der Waals surface area contributed by atoms with Gasteiger partial charge in [-0.25, -0.2) is 9.97 Å². The standard InChI is InChI=1S/C22H19ClN4O3S/c1-12(28)18-3-4-19(31-18)14-6-15-7-16(30-21(15)17(23)8-14)11-25-20(29)5-2-13-9-26-22(24)27-10-13/h2-6,8-10,16H,7,11H2,1H3,(H,25,29)(H2,24,26,27). The van der Waals surface area contributed by atoms with Crippen LogP contribution in [0.3, 0.4) is 0 Å². The molecule has 0 bridgehead atoms. The van der Waals surface area contributed by atoms with Crippen LogP contribution in [0, 0.1) is 0 Å². The molecule has 1 atom stereocenters. The Bertz CT molecular complexity index is 1170. The zero-order valence-electron chi connectivity index (χ0n) is 16.6. The minimum atomic E-state index is -0.251. The number of fused-ring (bicyclic) bond motifs is 1. The van der Waals surface area contributed by atoms with Crippen LogP contribution >= 0.6 is 22.9 Å². The molecule has 0 radical (unpaired) electrons. The second kappa shape index (κ2) is 8.87. The maximum Gasteiger partial charge on any atom is 0.244 e. The maximum atomic E-state index is 12.1. The van der Waals surface area contributed by atoms with Gasteiger partial charge in [-0.05, 0) is 42.8 Å². The van der Waals surface area contributed by atoms with Crippen LogP contribution in [-0.4, -0.2) is 34.3 Å². The molecule has 158 valence electrons. The third-order valence-corrected chi connectivity index (χ3v) is 6.23. The van der Waals surface area contributed by atoms with Crippen LogP contribution in [0.25, 0.3) is 16.5 Å². The number of hydrogen-bond acceptors (Lipinski definition) is 7. The van der Waals surface area contributed by atoms with Crippen molar-refractivity contribution in [3.8, 4) is 16.2 Å². The number of nitrogens with zero attached hydrogens (tertiary/aromatic N) is 2. The van der Waals surface area contributed by atoms with E-state index >= 15 is 0 Å². The van der Waals surface area contributed by atoms with Crippen molar-refractivity contribution in [1.29, 1.82) is 0 Å². The molecule has 0 spiro atoms. The van der Waals surface area contributed by atoms with Crippen LogP contribution in [0.15, 0.2) is 42.7 Å². The van der Waals surface area contributed by atoms with Gasteiger partial charge in [0.1, 0.15) is 11.9 Å². The van der Waals surface area contributed by atoms with E-state index in [0.29, 0.717) is 34.2 Å². The van der Waals surface area contributed by atoms with Gasteiger partial charge in [0.25, 0.3) is 0 Å². The number of nitrogen functional groups attached to an aromatic ring is 1. The van der Waals surface area contributed by atoms with E-state index in [0.717, 1.165) is 16.0 Å². The van der Waals surface area contributed by atoms with Crippen LogP contribution < -0.4 is 15.8 Å². The summed E-state index contributed by atoms with van der Waals surface area (Å²) in [6.07, 6.45) is 6.51. The Morgan fingerprint density at radius 1 is 1.32 bits per heavy atom. The van der Waals surface area contributed by atoms with Crippen LogP contribution in [0.5, 0.6) is 5.75 Å². The molecule has 3 aromatic rings. The van der Waals surface area contributed by atoms with Crippen molar-refractivity contribution in [3.63, 3.8) is 0 Å². The van der Waals surface area contributed by atoms with E-state index in [2.05, 4.69) is 15.3 Å². The summed E-state index contributed by atoms with van der Waals surface area (Å²) in [6, 6.07) is 7.61. The summed E-state index contributed by atoms with van der Waals surface area (Å²) in [4.78, 5) is 33.1. The smallest absolute Gasteiger partial charge is 0.244 e. The van der Waals surface area contributed by atoms with Gasteiger partial charge in [-0.1, -0.05) is 11.6 Å². The Morgan fingerprint density at radius 3 is 2.81 bits per heavy atom. The third kappa shape index (κ3) is 4.92. The number of ether oxygens (including phenoxy) is 1. The third-order valence-electron chi connectivity index (χ3n) is 4.71. The van der Waals surface area contributed by atoms with E-state index in [9.17, 15) is 9.59 Å². The van der Waals surface area contributed by atoms with Crippen molar-refractivity contribution >= 4 is 46.7 Å². The first-order valence-electron chi connectivity index (χ1n) is 9.52. The number of amides is 1. The van der Waals surface area contributed by atoms with Gasteiger partial charge in [0, 0.05) is 40.9 Å². The molecule has 7 nitrogen and oxygen atoms in total. The molecule has 3 heterocycles. The quantitative estimate of drug-likeness (QED) is 0.433. The lowest BCUT2D eigenvalue weighted by Gasteiger charge is -2.11. The van der Waals surface area contributed by atoms with Crippen LogP contribution in [0.4, 0.5) is 5.95 Å². The highest BCUT2D eigenvalue weighted by molar-refractivity contribution is 7.17. The van der Waals surface area contributed by atoms with E-state index in [4.69, 9.17) is 22.1 Å². The number of nitrogens with one attached hydrogen (secondary N) is 1. The summed E-state index contributed by atoms with van der Waals surface area (Å²) in [5.41, 5.74) is 8.04. The molecule has 0 aliphatic carbocycles. The fraction of sp³-hybridized carbons (Fsp3) is 0.182. The highest BCUT2D eigenvalue weighted by atomic mass is 35.5. The van der Waals surface area contributed by atoms with Gasteiger partial charge in [0.2, 0.25) is 11.9 Å². The Morgan fingerprint density at radius 2 is 2.10 bits per heavy atom. The van der Waals surface area contributed by atoms with Gasteiger partial charge in [-0.15, -0.1) is 11.3 Å².